The van der Waals surface area contributed by atoms with Crippen molar-refractivity contribution in [2.45, 2.75) is 19.4 Å². The molecule has 1 N–H and O–H groups in total. The zero-order chi connectivity index (χ0) is 10.6. The van der Waals surface area contributed by atoms with Gasteiger partial charge in [-0.15, -0.1) is 6.42 Å². The van der Waals surface area contributed by atoms with Gasteiger partial charge in [-0.05, 0) is 26.0 Å². The fourth-order valence-corrected chi connectivity index (χ4v) is 0.890. The van der Waals surface area contributed by atoms with Gasteiger partial charge >= 0.3 is 0 Å². The number of nitriles is 1. The predicted molar refractivity (Wildman–Crippen MR) is 55.5 cm³/mol. The molecule has 0 aliphatic heterocycles. The number of anilines is 1. The van der Waals surface area contributed by atoms with Crippen molar-refractivity contribution in [3.05, 3.63) is 23.9 Å². The van der Waals surface area contributed by atoms with Crippen LogP contribution in [0.5, 0.6) is 0 Å². The van der Waals surface area contributed by atoms with Crippen LogP contribution in [0.15, 0.2) is 18.3 Å². The van der Waals surface area contributed by atoms with Crippen molar-refractivity contribution in [3.63, 3.8) is 0 Å². The number of terminal acetylenes is 1. The average Bonchev–Trinajstić information content (AvgIpc) is 2.19. The Hall–Kier alpha value is -2.00. The van der Waals surface area contributed by atoms with Crippen LogP contribution in [0.25, 0.3) is 0 Å². The van der Waals surface area contributed by atoms with E-state index in [1.54, 1.807) is 12.1 Å². The van der Waals surface area contributed by atoms with Crippen molar-refractivity contribution in [3.8, 4) is 18.4 Å². The quantitative estimate of drug-likeness (QED) is 0.714. The molecule has 0 unspecified atom stereocenters. The van der Waals surface area contributed by atoms with Gasteiger partial charge in [-0.1, -0.05) is 5.92 Å². The largest absolute Gasteiger partial charge is 0.354 e. The van der Waals surface area contributed by atoms with E-state index in [0.29, 0.717) is 11.4 Å². The number of hydrogen-bond donors (Lipinski definition) is 1. The lowest BCUT2D eigenvalue weighted by Crippen LogP contribution is -2.28. The Labute approximate surface area is 83.8 Å². The van der Waals surface area contributed by atoms with E-state index in [2.05, 4.69) is 16.2 Å². The lowest BCUT2D eigenvalue weighted by Gasteiger charge is -2.19. The molecule has 1 aromatic rings. The maximum atomic E-state index is 8.56. The fraction of sp³-hybridized carbons (Fsp3) is 0.273. The molecule has 1 rings (SSSR count). The van der Waals surface area contributed by atoms with Crippen LogP contribution in [-0.2, 0) is 0 Å². The number of nitrogens with zero attached hydrogens (tertiary/aromatic N) is 2. The van der Waals surface area contributed by atoms with Crippen LogP contribution in [0.1, 0.15) is 19.4 Å². The zero-order valence-corrected chi connectivity index (χ0v) is 8.20. The summed E-state index contributed by atoms with van der Waals surface area (Å²) in [5.41, 5.74) is 0.107. The summed E-state index contributed by atoms with van der Waals surface area (Å²) in [5, 5.41) is 11.6. The summed E-state index contributed by atoms with van der Waals surface area (Å²) in [5.74, 6) is 3.28. The normalized spacial score (nSPS) is 10.0. The molecule has 0 fully saturated rings. The lowest BCUT2D eigenvalue weighted by atomic mass is 10.1. The number of nitrogens with one attached hydrogen (secondary N) is 1. The van der Waals surface area contributed by atoms with Gasteiger partial charge < -0.3 is 5.32 Å². The number of pyridine rings is 1. The first-order valence-corrected chi connectivity index (χ1v) is 4.19. The summed E-state index contributed by atoms with van der Waals surface area (Å²) in [4.78, 5) is 4.05. The minimum atomic E-state index is -0.429. The van der Waals surface area contributed by atoms with Gasteiger partial charge in [0.1, 0.15) is 11.9 Å². The molecular weight excluding hydrogens is 174 g/mol. The second-order valence-electron chi connectivity index (χ2n) is 3.44. The Kier molecular flexibility index (Phi) is 2.74. The smallest absolute Gasteiger partial charge is 0.127 e. The van der Waals surface area contributed by atoms with Gasteiger partial charge in [0.05, 0.1) is 11.1 Å². The van der Waals surface area contributed by atoms with E-state index < -0.39 is 5.54 Å². The molecule has 0 aliphatic rings. The molecule has 0 spiro atoms. The first-order chi connectivity index (χ1) is 6.57. The second kappa shape index (κ2) is 3.81. The molecule has 0 aromatic carbocycles. The monoisotopic (exact) mass is 185 g/mol. The number of hydrogen-bond acceptors (Lipinski definition) is 3. The Morgan fingerprint density at radius 2 is 2.21 bits per heavy atom. The number of aromatic nitrogens is 1. The van der Waals surface area contributed by atoms with Gasteiger partial charge in [0, 0.05) is 6.20 Å². The van der Waals surface area contributed by atoms with Crippen LogP contribution in [0.2, 0.25) is 0 Å². The Balaban J connectivity index is 2.81. The topological polar surface area (TPSA) is 48.7 Å². The van der Waals surface area contributed by atoms with E-state index in [4.69, 9.17) is 11.7 Å². The van der Waals surface area contributed by atoms with Gasteiger partial charge in [-0.3, -0.25) is 0 Å². The maximum Gasteiger partial charge on any atom is 0.127 e. The third kappa shape index (κ3) is 2.50. The first-order valence-electron chi connectivity index (χ1n) is 4.19. The van der Waals surface area contributed by atoms with Crippen LogP contribution < -0.4 is 5.32 Å². The Bertz CT molecular complexity index is 390. The summed E-state index contributed by atoms with van der Waals surface area (Å²) in [6, 6.07) is 5.43. The van der Waals surface area contributed by atoms with Crippen LogP contribution in [0.4, 0.5) is 5.82 Å². The van der Waals surface area contributed by atoms with E-state index >= 15 is 0 Å². The molecule has 14 heavy (non-hydrogen) atoms. The molecule has 0 bridgehead atoms. The number of rotatable bonds is 2. The predicted octanol–water partition coefficient (Wildman–Crippen LogP) is 1.78. The molecule has 0 atom stereocenters. The van der Waals surface area contributed by atoms with Gasteiger partial charge in [0.2, 0.25) is 0 Å². The van der Waals surface area contributed by atoms with E-state index in [0.717, 1.165) is 0 Å². The van der Waals surface area contributed by atoms with Crippen molar-refractivity contribution in [1.29, 1.82) is 5.26 Å². The SMILES string of the molecule is C#CC(C)(C)Nc1ccc(C#N)cn1. The highest BCUT2D eigenvalue weighted by atomic mass is 15.0. The van der Waals surface area contributed by atoms with Crippen LogP contribution in [0, 0.1) is 23.7 Å². The third-order valence-corrected chi connectivity index (χ3v) is 1.69. The van der Waals surface area contributed by atoms with E-state index in [-0.39, 0.29) is 0 Å². The molecule has 1 heterocycles. The molecule has 0 aliphatic carbocycles. The van der Waals surface area contributed by atoms with Crippen molar-refractivity contribution in [2.75, 3.05) is 5.32 Å². The zero-order valence-electron chi connectivity index (χ0n) is 8.20. The van der Waals surface area contributed by atoms with Crippen molar-refractivity contribution in [1.82, 2.24) is 4.98 Å². The highest BCUT2D eigenvalue weighted by Crippen LogP contribution is 2.11. The molecule has 3 heteroatoms. The molecule has 0 saturated carbocycles. The summed E-state index contributed by atoms with van der Waals surface area (Å²) >= 11 is 0. The summed E-state index contributed by atoms with van der Waals surface area (Å²) < 4.78 is 0. The second-order valence-corrected chi connectivity index (χ2v) is 3.44. The van der Waals surface area contributed by atoms with Gasteiger partial charge in [0.15, 0.2) is 0 Å². The molecule has 0 amide bonds. The van der Waals surface area contributed by atoms with E-state index in [9.17, 15) is 0 Å². The minimum absolute atomic E-state index is 0.429. The summed E-state index contributed by atoms with van der Waals surface area (Å²) in [7, 11) is 0. The molecule has 70 valence electrons. The van der Waals surface area contributed by atoms with E-state index in [1.165, 1.54) is 6.20 Å². The minimum Gasteiger partial charge on any atom is -0.354 e. The maximum absolute atomic E-state index is 8.56. The fourth-order valence-electron chi connectivity index (χ4n) is 0.890. The van der Waals surface area contributed by atoms with Crippen LogP contribution in [0.3, 0.4) is 0 Å². The van der Waals surface area contributed by atoms with Crippen molar-refractivity contribution < 1.29 is 0 Å². The highest BCUT2D eigenvalue weighted by molar-refractivity contribution is 5.43. The highest BCUT2D eigenvalue weighted by Gasteiger charge is 2.13. The van der Waals surface area contributed by atoms with E-state index in [1.807, 2.05) is 19.9 Å². The van der Waals surface area contributed by atoms with Gasteiger partial charge in [-0.2, -0.15) is 5.26 Å². The summed E-state index contributed by atoms with van der Waals surface area (Å²) in [6.07, 6.45) is 6.83. The molecule has 3 nitrogen and oxygen atoms in total. The van der Waals surface area contributed by atoms with Crippen LogP contribution in [-0.4, -0.2) is 10.5 Å². The molecule has 1 aromatic heterocycles. The Morgan fingerprint density at radius 1 is 1.50 bits per heavy atom. The Morgan fingerprint density at radius 3 is 2.64 bits per heavy atom. The standard InChI is InChI=1S/C11H11N3/c1-4-11(2,3)14-10-6-5-9(7-12)8-13-10/h1,5-6,8H,2-3H3,(H,13,14). The van der Waals surface area contributed by atoms with Crippen molar-refractivity contribution in [2.24, 2.45) is 0 Å². The molecule has 0 saturated heterocycles. The molecule has 0 radical (unpaired) electrons. The average molecular weight is 185 g/mol. The van der Waals surface area contributed by atoms with Gasteiger partial charge in [-0.25, -0.2) is 4.98 Å². The first kappa shape index (κ1) is 10.1. The molecular formula is C11H11N3. The van der Waals surface area contributed by atoms with Crippen molar-refractivity contribution >= 4 is 5.82 Å². The summed E-state index contributed by atoms with van der Waals surface area (Å²) in [6.45, 7) is 3.76. The third-order valence-electron chi connectivity index (χ3n) is 1.69. The van der Waals surface area contributed by atoms with Crippen LogP contribution >= 0.6 is 0 Å². The lowest BCUT2D eigenvalue weighted by molar-refractivity contribution is 0.736. The van der Waals surface area contributed by atoms with Gasteiger partial charge in [0.25, 0.3) is 0 Å².